The number of nitrogens with one attached hydrogen (secondary N) is 1. The van der Waals surface area contributed by atoms with Crippen molar-refractivity contribution in [1.29, 1.82) is 0 Å². The van der Waals surface area contributed by atoms with E-state index in [1.165, 1.54) is 11.1 Å². The van der Waals surface area contributed by atoms with Crippen molar-refractivity contribution >= 4 is 0 Å². The Hall–Kier alpha value is -1.81. The van der Waals surface area contributed by atoms with Gasteiger partial charge in [-0.1, -0.05) is 32.0 Å². The largest absolute Gasteiger partial charge is 0.493 e. The summed E-state index contributed by atoms with van der Waals surface area (Å²) in [5, 5.41) is 8.02. The lowest BCUT2D eigenvalue weighted by Crippen LogP contribution is -2.23. The van der Waals surface area contributed by atoms with E-state index in [0.29, 0.717) is 0 Å². The van der Waals surface area contributed by atoms with Crippen LogP contribution in [0, 0.1) is 6.92 Å². The molecule has 1 heterocycles. The summed E-state index contributed by atoms with van der Waals surface area (Å²) in [5.41, 5.74) is 3.42. The van der Waals surface area contributed by atoms with Crippen molar-refractivity contribution in [3.8, 4) is 5.75 Å². The molecule has 0 spiro atoms. The van der Waals surface area contributed by atoms with Gasteiger partial charge in [-0.15, -0.1) is 0 Å². The zero-order valence-corrected chi connectivity index (χ0v) is 13.4. The van der Waals surface area contributed by atoms with E-state index < -0.39 is 0 Å². The molecule has 4 nitrogen and oxygen atoms in total. The van der Waals surface area contributed by atoms with Gasteiger partial charge in [0.25, 0.3) is 0 Å². The van der Waals surface area contributed by atoms with Crippen LogP contribution in [0.2, 0.25) is 0 Å². The van der Waals surface area contributed by atoms with Crippen LogP contribution in [0.25, 0.3) is 0 Å². The molecule has 1 unspecified atom stereocenters. The van der Waals surface area contributed by atoms with E-state index in [2.05, 4.69) is 49.5 Å². The molecular weight excluding hydrogens is 262 g/mol. The standard InChI is InChI=1S/C17H25N3O/c1-5-11-21-16-10-8-7-9-14(16)17(18-6-2)15-12-20(4)19-13(15)3/h7-10,12,17-18H,5-6,11H2,1-4H3. The maximum Gasteiger partial charge on any atom is 0.124 e. The molecule has 1 aromatic carbocycles. The average Bonchev–Trinajstić information content (AvgIpc) is 2.81. The van der Waals surface area contributed by atoms with Crippen LogP contribution in [-0.4, -0.2) is 22.9 Å². The molecule has 21 heavy (non-hydrogen) atoms. The first-order valence-electron chi connectivity index (χ1n) is 7.62. The molecule has 0 saturated carbocycles. The quantitative estimate of drug-likeness (QED) is 0.850. The lowest BCUT2D eigenvalue weighted by Gasteiger charge is -2.21. The molecular formula is C17H25N3O. The predicted molar refractivity (Wildman–Crippen MR) is 85.7 cm³/mol. The van der Waals surface area contributed by atoms with Gasteiger partial charge in [-0.05, 0) is 26.0 Å². The maximum atomic E-state index is 5.91. The predicted octanol–water partition coefficient (Wildman–Crippen LogP) is 3.22. The zero-order valence-electron chi connectivity index (χ0n) is 13.4. The molecule has 0 aliphatic carbocycles. The first-order valence-corrected chi connectivity index (χ1v) is 7.62. The molecule has 0 radical (unpaired) electrons. The lowest BCUT2D eigenvalue weighted by atomic mass is 9.98. The number of hydrogen-bond acceptors (Lipinski definition) is 3. The topological polar surface area (TPSA) is 39.1 Å². The normalized spacial score (nSPS) is 12.4. The summed E-state index contributed by atoms with van der Waals surface area (Å²) >= 11 is 0. The molecule has 0 aliphatic rings. The smallest absolute Gasteiger partial charge is 0.124 e. The SMILES string of the molecule is CCCOc1ccccc1C(NCC)c1cn(C)nc1C. The number of rotatable bonds is 7. The second-order valence-electron chi connectivity index (χ2n) is 5.22. The molecule has 2 aromatic rings. The second kappa shape index (κ2) is 7.27. The number of ether oxygens (including phenoxy) is 1. The molecule has 0 bridgehead atoms. The number of hydrogen-bond donors (Lipinski definition) is 1. The summed E-state index contributed by atoms with van der Waals surface area (Å²) in [6.07, 6.45) is 3.09. The highest BCUT2D eigenvalue weighted by atomic mass is 16.5. The van der Waals surface area contributed by atoms with Gasteiger partial charge in [0.15, 0.2) is 0 Å². The third-order valence-corrected chi connectivity index (χ3v) is 3.46. The number of aromatic nitrogens is 2. The molecule has 0 fully saturated rings. The first kappa shape index (κ1) is 15.6. The van der Waals surface area contributed by atoms with E-state index >= 15 is 0 Å². The van der Waals surface area contributed by atoms with Crippen LogP contribution in [0.5, 0.6) is 5.75 Å². The summed E-state index contributed by atoms with van der Waals surface area (Å²) < 4.78 is 7.78. The second-order valence-corrected chi connectivity index (χ2v) is 5.22. The molecule has 2 rings (SSSR count). The van der Waals surface area contributed by atoms with Gasteiger partial charge in [0.1, 0.15) is 5.75 Å². The van der Waals surface area contributed by atoms with Crippen molar-refractivity contribution < 1.29 is 4.74 Å². The summed E-state index contributed by atoms with van der Waals surface area (Å²) in [7, 11) is 1.96. The minimum atomic E-state index is 0.108. The van der Waals surface area contributed by atoms with Crippen molar-refractivity contribution in [2.24, 2.45) is 7.05 Å². The molecule has 1 aromatic heterocycles. The lowest BCUT2D eigenvalue weighted by molar-refractivity contribution is 0.312. The summed E-state index contributed by atoms with van der Waals surface area (Å²) in [6, 6.07) is 8.36. The highest BCUT2D eigenvalue weighted by molar-refractivity contribution is 5.42. The van der Waals surface area contributed by atoms with Gasteiger partial charge in [-0.3, -0.25) is 4.68 Å². The minimum absolute atomic E-state index is 0.108. The van der Waals surface area contributed by atoms with Crippen LogP contribution in [0.4, 0.5) is 0 Å². The van der Waals surface area contributed by atoms with E-state index in [4.69, 9.17) is 4.74 Å². The molecule has 1 atom stereocenters. The van der Waals surface area contributed by atoms with E-state index in [1.54, 1.807) is 0 Å². The average molecular weight is 287 g/mol. The summed E-state index contributed by atoms with van der Waals surface area (Å²) in [5.74, 6) is 0.952. The van der Waals surface area contributed by atoms with Gasteiger partial charge >= 0.3 is 0 Å². The van der Waals surface area contributed by atoms with Crippen LogP contribution in [-0.2, 0) is 7.05 Å². The number of benzene rings is 1. The molecule has 4 heteroatoms. The summed E-state index contributed by atoms with van der Waals surface area (Å²) in [6.45, 7) is 7.92. The molecule has 0 amide bonds. The Morgan fingerprint density at radius 2 is 2.00 bits per heavy atom. The Kier molecular flexibility index (Phi) is 5.39. The molecule has 1 N–H and O–H groups in total. The molecule has 0 saturated heterocycles. The minimum Gasteiger partial charge on any atom is -0.493 e. The van der Waals surface area contributed by atoms with Crippen LogP contribution < -0.4 is 10.1 Å². The van der Waals surface area contributed by atoms with Crippen molar-refractivity contribution in [1.82, 2.24) is 15.1 Å². The van der Waals surface area contributed by atoms with Gasteiger partial charge in [0.2, 0.25) is 0 Å². The van der Waals surface area contributed by atoms with Gasteiger partial charge < -0.3 is 10.1 Å². The van der Waals surface area contributed by atoms with Gasteiger partial charge in [0.05, 0.1) is 18.3 Å². The first-order chi connectivity index (χ1) is 10.2. The van der Waals surface area contributed by atoms with Crippen molar-refractivity contribution in [3.63, 3.8) is 0 Å². The fourth-order valence-electron chi connectivity index (χ4n) is 2.56. The van der Waals surface area contributed by atoms with Crippen molar-refractivity contribution in [2.45, 2.75) is 33.2 Å². The fourth-order valence-corrected chi connectivity index (χ4v) is 2.56. The van der Waals surface area contributed by atoms with E-state index in [0.717, 1.165) is 31.0 Å². The zero-order chi connectivity index (χ0) is 15.2. The number of aryl methyl sites for hydroxylation is 2. The Labute approximate surface area is 127 Å². The summed E-state index contributed by atoms with van der Waals surface area (Å²) in [4.78, 5) is 0. The third kappa shape index (κ3) is 3.64. The van der Waals surface area contributed by atoms with E-state index in [9.17, 15) is 0 Å². The van der Waals surface area contributed by atoms with Gasteiger partial charge in [-0.2, -0.15) is 5.10 Å². The Morgan fingerprint density at radius 3 is 2.62 bits per heavy atom. The van der Waals surface area contributed by atoms with Crippen LogP contribution in [0.15, 0.2) is 30.5 Å². The molecule has 0 aliphatic heterocycles. The Bertz CT molecular complexity index is 577. The van der Waals surface area contributed by atoms with Crippen molar-refractivity contribution in [3.05, 3.63) is 47.3 Å². The van der Waals surface area contributed by atoms with Crippen LogP contribution in [0.3, 0.4) is 0 Å². The monoisotopic (exact) mass is 287 g/mol. The Balaban J connectivity index is 2.40. The van der Waals surface area contributed by atoms with Gasteiger partial charge in [-0.25, -0.2) is 0 Å². The van der Waals surface area contributed by atoms with Crippen molar-refractivity contribution in [2.75, 3.05) is 13.2 Å². The third-order valence-electron chi connectivity index (χ3n) is 3.46. The number of para-hydroxylation sites is 1. The highest BCUT2D eigenvalue weighted by Crippen LogP contribution is 2.31. The van der Waals surface area contributed by atoms with E-state index in [1.807, 2.05) is 23.9 Å². The molecule has 114 valence electrons. The fraction of sp³-hybridized carbons (Fsp3) is 0.471. The Morgan fingerprint density at radius 1 is 1.24 bits per heavy atom. The van der Waals surface area contributed by atoms with E-state index in [-0.39, 0.29) is 6.04 Å². The highest BCUT2D eigenvalue weighted by Gasteiger charge is 2.21. The van der Waals surface area contributed by atoms with Crippen LogP contribution in [0.1, 0.15) is 43.1 Å². The van der Waals surface area contributed by atoms with Gasteiger partial charge in [0, 0.05) is 24.4 Å². The maximum absolute atomic E-state index is 5.91. The van der Waals surface area contributed by atoms with Crippen LogP contribution >= 0.6 is 0 Å². The number of nitrogens with zero attached hydrogens (tertiary/aromatic N) is 2.